The summed E-state index contributed by atoms with van der Waals surface area (Å²) in [5, 5.41) is 0. The maximum Gasteiger partial charge on any atom is 0.270 e. The maximum atomic E-state index is 13.5. The number of benzene rings is 2. The molecule has 1 amide bonds. The lowest BCUT2D eigenvalue weighted by Crippen LogP contribution is -2.48. The molecule has 0 spiro atoms. The standard InChI is InChI=1S/C26H26FN3O2/c1-19-4-2-3-5-21(19)18-30-23-10-15-32-25(23)16-24(30)26(31)29-13-11-28(12-14-29)17-20-6-8-22(27)9-7-20/h2-10,15-16H,11-14,17-18H2,1H3. The number of fused-ring (bicyclic) bond motifs is 1. The van der Waals surface area contributed by atoms with Crippen molar-refractivity contribution in [2.24, 2.45) is 0 Å². The molecule has 0 aliphatic carbocycles. The van der Waals surface area contributed by atoms with Gasteiger partial charge in [-0.3, -0.25) is 9.69 Å². The summed E-state index contributed by atoms with van der Waals surface area (Å²) >= 11 is 0. The number of furan rings is 1. The minimum atomic E-state index is -0.219. The van der Waals surface area contributed by atoms with E-state index >= 15 is 0 Å². The van der Waals surface area contributed by atoms with Gasteiger partial charge in [0.1, 0.15) is 11.5 Å². The lowest BCUT2D eigenvalue weighted by molar-refractivity contribution is 0.0619. The fourth-order valence-corrected chi connectivity index (χ4v) is 4.40. The second kappa shape index (κ2) is 8.63. The smallest absolute Gasteiger partial charge is 0.270 e. The number of halogens is 1. The van der Waals surface area contributed by atoms with E-state index in [2.05, 4.69) is 28.5 Å². The number of nitrogens with zero attached hydrogens (tertiary/aromatic N) is 3. The average Bonchev–Trinajstić information content (AvgIpc) is 3.39. The number of aryl methyl sites for hydroxylation is 1. The van der Waals surface area contributed by atoms with E-state index in [1.165, 1.54) is 23.3 Å². The number of rotatable bonds is 5. The zero-order valence-electron chi connectivity index (χ0n) is 18.1. The third kappa shape index (κ3) is 4.06. The number of carbonyl (C=O) groups excluding carboxylic acids is 1. The quantitative estimate of drug-likeness (QED) is 0.460. The van der Waals surface area contributed by atoms with E-state index in [0.717, 1.165) is 36.3 Å². The summed E-state index contributed by atoms with van der Waals surface area (Å²) in [5.41, 5.74) is 5.80. The summed E-state index contributed by atoms with van der Waals surface area (Å²) in [6, 6.07) is 18.7. The van der Waals surface area contributed by atoms with Crippen LogP contribution in [0.3, 0.4) is 0 Å². The van der Waals surface area contributed by atoms with E-state index in [0.29, 0.717) is 25.3 Å². The topological polar surface area (TPSA) is 41.6 Å². The fourth-order valence-electron chi connectivity index (χ4n) is 4.40. The van der Waals surface area contributed by atoms with Crippen molar-refractivity contribution in [3.05, 3.63) is 95.1 Å². The molecular weight excluding hydrogens is 405 g/mol. The van der Waals surface area contributed by atoms with Crippen LogP contribution in [0.2, 0.25) is 0 Å². The highest BCUT2D eigenvalue weighted by atomic mass is 19.1. The van der Waals surface area contributed by atoms with Crippen molar-refractivity contribution in [2.75, 3.05) is 26.2 Å². The highest BCUT2D eigenvalue weighted by Crippen LogP contribution is 2.25. The summed E-state index contributed by atoms with van der Waals surface area (Å²) in [7, 11) is 0. The van der Waals surface area contributed by atoms with Crippen molar-refractivity contribution in [3.8, 4) is 0 Å². The van der Waals surface area contributed by atoms with Crippen LogP contribution < -0.4 is 0 Å². The Bertz CT molecular complexity index is 1230. The molecule has 1 aliphatic heterocycles. The first kappa shape index (κ1) is 20.5. The van der Waals surface area contributed by atoms with Gasteiger partial charge in [-0.05, 0) is 35.7 Å². The molecule has 1 fully saturated rings. The number of aromatic nitrogens is 1. The molecule has 0 bridgehead atoms. The molecular formula is C26H26FN3O2. The normalized spacial score (nSPS) is 14.9. The molecule has 0 N–H and O–H groups in total. The van der Waals surface area contributed by atoms with Gasteiger partial charge in [-0.2, -0.15) is 0 Å². The molecule has 0 saturated carbocycles. The van der Waals surface area contributed by atoms with E-state index in [1.807, 2.05) is 41.3 Å². The maximum absolute atomic E-state index is 13.5. The molecule has 164 valence electrons. The van der Waals surface area contributed by atoms with Gasteiger partial charge in [-0.15, -0.1) is 0 Å². The van der Waals surface area contributed by atoms with Gasteiger partial charge in [0.15, 0.2) is 5.58 Å². The van der Waals surface area contributed by atoms with Crippen LogP contribution in [0.4, 0.5) is 4.39 Å². The molecule has 32 heavy (non-hydrogen) atoms. The van der Waals surface area contributed by atoms with Crippen molar-refractivity contribution < 1.29 is 13.6 Å². The summed E-state index contributed by atoms with van der Waals surface area (Å²) in [4.78, 5) is 17.7. The Hall–Kier alpha value is -3.38. The second-order valence-corrected chi connectivity index (χ2v) is 8.41. The third-order valence-electron chi connectivity index (χ3n) is 6.31. The van der Waals surface area contributed by atoms with E-state index in [1.54, 1.807) is 6.26 Å². The van der Waals surface area contributed by atoms with Crippen molar-refractivity contribution in [1.82, 2.24) is 14.4 Å². The Kier molecular flexibility index (Phi) is 5.53. The highest BCUT2D eigenvalue weighted by Gasteiger charge is 2.26. The van der Waals surface area contributed by atoms with Crippen LogP contribution in [-0.4, -0.2) is 46.5 Å². The molecule has 1 aliphatic rings. The van der Waals surface area contributed by atoms with Crippen LogP contribution >= 0.6 is 0 Å². The van der Waals surface area contributed by atoms with Gasteiger partial charge >= 0.3 is 0 Å². The number of hydrogen-bond acceptors (Lipinski definition) is 3. The van der Waals surface area contributed by atoms with Gasteiger partial charge in [0.05, 0.1) is 11.8 Å². The summed E-state index contributed by atoms with van der Waals surface area (Å²) in [6.45, 7) is 6.39. The molecule has 3 heterocycles. The van der Waals surface area contributed by atoms with Crippen LogP contribution in [0.15, 0.2) is 71.3 Å². The SMILES string of the molecule is Cc1ccccc1Cn1c(C(=O)N2CCN(Cc3ccc(F)cc3)CC2)cc2occc21. The molecule has 0 radical (unpaired) electrons. The predicted octanol–water partition coefficient (Wildman–Crippen LogP) is 4.69. The zero-order valence-corrected chi connectivity index (χ0v) is 18.1. The van der Waals surface area contributed by atoms with Gasteiger partial charge < -0.3 is 13.9 Å². The molecule has 2 aromatic carbocycles. The first-order valence-corrected chi connectivity index (χ1v) is 11.0. The second-order valence-electron chi connectivity index (χ2n) is 8.41. The van der Waals surface area contributed by atoms with Gasteiger partial charge in [-0.1, -0.05) is 36.4 Å². The summed E-state index contributed by atoms with van der Waals surface area (Å²) in [6.07, 6.45) is 1.67. The van der Waals surface area contributed by atoms with Crippen molar-refractivity contribution in [1.29, 1.82) is 0 Å². The lowest BCUT2D eigenvalue weighted by Gasteiger charge is -2.35. The monoisotopic (exact) mass is 431 g/mol. The largest absolute Gasteiger partial charge is 0.463 e. The molecule has 0 unspecified atom stereocenters. The molecule has 5 nitrogen and oxygen atoms in total. The van der Waals surface area contributed by atoms with E-state index in [9.17, 15) is 9.18 Å². The van der Waals surface area contributed by atoms with E-state index < -0.39 is 0 Å². The number of amides is 1. The van der Waals surface area contributed by atoms with Crippen LogP contribution in [0.1, 0.15) is 27.2 Å². The predicted molar refractivity (Wildman–Crippen MR) is 122 cm³/mol. The molecule has 2 aromatic heterocycles. The molecule has 1 saturated heterocycles. The Labute approximate surface area is 186 Å². The zero-order chi connectivity index (χ0) is 22.1. The van der Waals surface area contributed by atoms with E-state index in [4.69, 9.17) is 4.42 Å². The number of hydrogen-bond donors (Lipinski definition) is 0. The average molecular weight is 432 g/mol. The van der Waals surface area contributed by atoms with Crippen LogP contribution in [0, 0.1) is 12.7 Å². The van der Waals surface area contributed by atoms with E-state index in [-0.39, 0.29) is 11.7 Å². The van der Waals surface area contributed by atoms with Crippen molar-refractivity contribution >= 4 is 17.0 Å². The third-order valence-corrected chi connectivity index (χ3v) is 6.31. The van der Waals surface area contributed by atoms with Gasteiger partial charge in [0.2, 0.25) is 0 Å². The van der Waals surface area contributed by atoms with Crippen molar-refractivity contribution in [3.63, 3.8) is 0 Å². The van der Waals surface area contributed by atoms with Gasteiger partial charge in [-0.25, -0.2) is 4.39 Å². The molecule has 0 atom stereocenters. The molecule has 6 heteroatoms. The first-order chi connectivity index (χ1) is 15.6. The Balaban J connectivity index is 1.31. The number of piperazine rings is 1. The van der Waals surface area contributed by atoms with Crippen LogP contribution in [-0.2, 0) is 13.1 Å². The van der Waals surface area contributed by atoms with Gasteiger partial charge in [0.25, 0.3) is 5.91 Å². The highest BCUT2D eigenvalue weighted by molar-refractivity contribution is 5.97. The lowest BCUT2D eigenvalue weighted by atomic mass is 10.1. The van der Waals surface area contributed by atoms with Gasteiger partial charge in [0, 0.05) is 51.4 Å². The van der Waals surface area contributed by atoms with Crippen LogP contribution in [0.5, 0.6) is 0 Å². The Morgan fingerprint density at radius 2 is 1.72 bits per heavy atom. The minimum absolute atomic E-state index is 0.0337. The first-order valence-electron chi connectivity index (χ1n) is 11.0. The molecule has 5 rings (SSSR count). The van der Waals surface area contributed by atoms with Crippen LogP contribution in [0.25, 0.3) is 11.1 Å². The van der Waals surface area contributed by atoms with Crippen molar-refractivity contribution in [2.45, 2.75) is 20.0 Å². The summed E-state index contributed by atoms with van der Waals surface area (Å²) < 4.78 is 20.8. The molecule has 4 aromatic rings. The Morgan fingerprint density at radius 3 is 2.47 bits per heavy atom. The summed E-state index contributed by atoms with van der Waals surface area (Å²) in [5.74, 6) is -0.185. The number of carbonyl (C=O) groups is 1. The fraction of sp³-hybridized carbons (Fsp3) is 0.269. The Morgan fingerprint density at radius 1 is 0.969 bits per heavy atom. The minimum Gasteiger partial charge on any atom is -0.463 e.